The molecular formula is C25H27N3O4. The average Bonchev–Trinajstić information content (AvgIpc) is 3.03. The van der Waals surface area contributed by atoms with Crippen LogP contribution in [0.1, 0.15) is 52.4 Å². The molecule has 3 aromatic rings. The maximum Gasteiger partial charge on any atom is 0.250 e. The molecule has 0 saturated carbocycles. The highest BCUT2D eigenvalue weighted by molar-refractivity contribution is 6.00. The number of phenols is 1. The second-order valence-corrected chi connectivity index (χ2v) is 9.03. The first-order chi connectivity index (χ1) is 15.1. The number of hydrogen-bond donors (Lipinski definition) is 3. The van der Waals surface area contributed by atoms with E-state index in [0.717, 1.165) is 29.1 Å². The Bertz CT molecular complexity index is 1240. The summed E-state index contributed by atoms with van der Waals surface area (Å²) in [7, 11) is 1.48. The van der Waals surface area contributed by atoms with E-state index in [-0.39, 0.29) is 16.9 Å². The van der Waals surface area contributed by atoms with Gasteiger partial charge in [0.15, 0.2) is 17.3 Å². The number of carbonyl (C=O) groups excluding carboxylic acids is 2. The van der Waals surface area contributed by atoms with Gasteiger partial charge in [-0.15, -0.1) is 0 Å². The summed E-state index contributed by atoms with van der Waals surface area (Å²) in [6.45, 7) is 6.16. The molecule has 0 saturated heterocycles. The van der Waals surface area contributed by atoms with Gasteiger partial charge >= 0.3 is 0 Å². The number of amides is 1. The van der Waals surface area contributed by atoms with Gasteiger partial charge < -0.3 is 25.5 Å². The molecule has 32 heavy (non-hydrogen) atoms. The largest absolute Gasteiger partial charge is 0.504 e. The van der Waals surface area contributed by atoms with E-state index in [2.05, 4.69) is 23.7 Å². The van der Waals surface area contributed by atoms with Crippen molar-refractivity contribution >= 4 is 23.1 Å². The fourth-order valence-electron chi connectivity index (χ4n) is 4.42. The summed E-state index contributed by atoms with van der Waals surface area (Å²) in [5.74, 6) is -0.0927. The maximum atomic E-state index is 12.7. The van der Waals surface area contributed by atoms with Gasteiger partial charge in [-0.1, -0.05) is 13.8 Å². The maximum absolute atomic E-state index is 12.7. The van der Waals surface area contributed by atoms with Crippen LogP contribution in [0.3, 0.4) is 0 Å². The lowest BCUT2D eigenvalue weighted by Crippen LogP contribution is -2.27. The topological polar surface area (TPSA) is 107 Å². The van der Waals surface area contributed by atoms with Crippen molar-refractivity contribution in [1.29, 1.82) is 0 Å². The number of phenolic OH excluding ortho intramolecular Hbond substituents is 1. The molecule has 7 heteroatoms. The molecule has 166 valence electrons. The van der Waals surface area contributed by atoms with Crippen LogP contribution in [-0.2, 0) is 6.42 Å². The van der Waals surface area contributed by atoms with Crippen LogP contribution in [0.15, 0.2) is 42.5 Å². The van der Waals surface area contributed by atoms with Gasteiger partial charge in [0.25, 0.3) is 5.91 Å². The monoisotopic (exact) mass is 433 g/mol. The van der Waals surface area contributed by atoms with E-state index < -0.39 is 5.91 Å². The van der Waals surface area contributed by atoms with Crippen LogP contribution in [0.2, 0.25) is 0 Å². The molecule has 1 aliphatic rings. The molecule has 0 spiro atoms. The van der Waals surface area contributed by atoms with Crippen LogP contribution < -0.4 is 15.8 Å². The molecule has 4 rings (SSSR count). The zero-order chi connectivity index (χ0) is 23.2. The number of primary amides is 1. The van der Waals surface area contributed by atoms with Crippen LogP contribution >= 0.6 is 0 Å². The van der Waals surface area contributed by atoms with Gasteiger partial charge in [-0.05, 0) is 55.2 Å². The molecule has 1 heterocycles. The number of ether oxygens (including phenoxy) is 1. The number of carbonyl (C=O) groups is 2. The number of anilines is 2. The van der Waals surface area contributed by atoms with Gasteiger partial charge in [0.05, 0.1) is 18.4 Å². The number of aromatic nitrogens is 1. The predicted molar refractivity (Wildman–Crippen MR) is 123 cm³/mol. The molecule has 1 aliphatic carbocycles. The molecule has 0 atom stereocenters. The van der Waals surface area contributed by atoms with E-state index >= 15 is 0 Å². The van der Waals surface area contributed by atoms with Crippen LogP contribution in [0.25, 0.3) is 5.69 Å². The van der Waals surface area contributed by atoms with Crippen molar-refractivity contribution in [3.05, 3.63) is 65.0 Å². The van der Waals surface area contributed by atoms with E-state index in [4.69, 9.17) is 10.5 Å². The van der Waals surface area contributed by atoms with Crippen LogP contribution in [-0.4, -0.2) is 28.5 Å². The third kappa shape index (κ3) is 3.82. The summed E-state index contributed by atoms with van der Waals surface area (Å²) in [6, 6.07) is 12.2. The minimum absolute atomic E-state index is 0.0228. The first-order valence-corrected chi connectivity index (χ1v) is 10.4. The molecule has 1 amide bonds. The molecule has 7 nitrogen and oxygen atoms in total. The minimum Gasteiger partial charge on any atom is -0.504 e. The van der Waals surface area contributed by atoms with E-state index in [1.165, 1.54) is 13.2 Å². The van der Waals surface area contributed by atoms with Crippen molar-refractivity contribution < 1.29 is 19.4 Å². The Morgan fingerprint density at radius 3 is 2.56 bits per heavy atom. The Morgan fingerprint density at radius 2 is 1.91 bits per heavy atom. The molecule has 0 fully saturated rings. The second kappa shape index (κ2) is 7.75. The number of aryl methyl sites for hydroxylation is 1. The molecular weight excluding hydrogens is 406 g/mol. The number of nitrogens with one attached hydrogen (secondary N) is 1. The lowest BCUT2D eigenvalue weighted by molar-refractivity contribution is 0.0910. The van der Waals surface area contributed by atoms with E-state index in [1.54, 1.807) is 18.2 Å². The highest BCUT2D eigenvalue weighted by atomic mass is 16.5. The normalized spacial score (nSPS) is 14.7. The van der Waals surface area contributed by atoms with Crippen molar-refractivity contribution in [2.75, 3.05) is 12.4 Å². The number of rotatable bonds is 5. The summed E-state index contributed by atoms with van der Waals surface area (Å²) in [4.78, 5) is 24.8. The number of fused-ring (bicyclic) bond motifs is 1. The average molecular weight is 434 g/mol. The SMILES string of the molecule is COc1ccc(Nc2cc(-n3c(C)cc4c3CC(C)(C)CC4=O)ccc2C(N)=O)cc1O. The van der Waals surface area contributed by atoms with Gasteiger partial charge in [-0.2, -0.15) is 0 Å². The quantitative estimate of drug-likeness (QED) is 0.549. The first-order valence-electron chi connectivity index (χ1n) is 10.4. The highest BCUT2D eigenvalue weighted by Crippen LogP contribution is 2.38. The van der Waals surface area contributed by atoms with E-state index in [0.29, 0.717) is 29.1 Å². The van der Waals surface area contributed by atoms with Gasteiger partial charge in [-0.25, -0.2) is 0 Å². The summed E-state index contributed by atoms with van der Waals surface area (Å²) < 4.78 is 7.15. The van der Waals surface area contributed by atoms with Crippen molar-refractivity contribution in [1.82, 2.24) is 4.57 Å². The molecule has 4 N–H and O–H groups in total. The fraction of sp³-hybridized carbons (Fsp3) is 0.280. The zero-order valence-electron chi connectivity index (χ0n) is 18.7. The summed E-state index contributed by atoms with van der Waals surface area (Å²) in [6.07, 6.45) is 1.30. The molecule has 2 aromatic carbocycles. The smallest absolute Gasteiger partial charge is 0.250 e. The zero-order valence-corrected chi connectivity index (χ0v) is 18.7. The predicted octanol–water partition coefficient (Wildman–Crippen LogP) is 4.50. The number of benzene rings is 2. The van der Waals surface area contributed by atoms with Crippen molar-refractivity contribution in [2.24, 2.45) is 11.1 Å². The Balaban J connectivity index is 1.81. The van der Waals surface area contributed by atoms with Gasteiger partial charge in [0, 0.05) is 40.8 Å². The Morgan fingerprint density at radius 1 is 1.16 bits per heavy atom. The Kier molecular flexibility index (Phi) is 5.20. The number of ketones is 1. The standard InChI is InChI=1S/C25H27N3O4/c1-14-9-18-20(12-25(2,3)13-22(18)30)28(14)16-6-7-17(24(26)31)19(11-16)27-15-5-8-23(32-4)21(29)10-15/h5-11,27,29H,12-13H2,1-4H3,(H2,26,31). The van der Waals surface area contributed by atoms with Crippen molar-refractivity contribution in [2.45, 2.75) is 33.6 Å². The number of aromatic hydroxyl groups is 1. The molecule has 0 bridgehead atoms. The molecule has 0 unspecified atom stereocenters. The van der Waals surface area contributed by atoms with Crippen molar-refractivity contribution in [3.8, 4) is 17.2 Å². The van der Waals surface area contributed by atoms with Crippen molar-refractivity contribution in [3.63, 3.8) is 0 Å². The fourth-order valence-corrected chi connectivity index (χ4v) is 4.42. The second-order valence-electron chi connectivity index (χ2n) is 9.03. The van der Waals surface area contributed by atoms with Crippen LogP contribution in [0.4, 0.5) is 11.4 Å². The third-order valence-electron chi connectivity index (χ3n) is 5.86. The lowest BCUT2D eigenvalue weighted by Gasteiger charge is -2.30. The number of methoxy groups -OCH3 is 1. The summed E-state index contributed by atoms with van der Waals surface area (Å²) in [5.41, 5.74) is 10.4. The van der Waals surface area contributed by atoms with Gasteiger partial charge in [0.1, 0.15) is 0 Å². The minimum atomic E-state index is -0.570. The number of Topliss-reactive ketones (excluding diaryl/α,β-unsaturated/α-hetero) is 1. The lowest BCUT2D eigenvalue weighted by atomic mass is 9.76. The number of hydrogen-bond acceptors (Lipinski definition) is 5. The number of nitrogens with zero attached hydrogens (tertiary/aromatic N) is 1. The van der Waals surface area contributed by atoms with E-state index in [1.807, 2.05) is 25.1 Å². The molecule has 1 aromatic heterocycles. The summed E-state index contributed by atoms with van der Waals surface area (Å²) in [5, 5.41) is 13.3. The first kappa shape index (κ1) is 21.5. The Hall–Kier alpha value is -3.74. The van der Waals surface area contributed by atoms with Crippen LogP contribution in [0.5, 0.6) is 11.5 Å². The van der Waals surface area contributed by atoms with Crippen LogP contribution in [0, 0.1) is 12.3 Å². The number of nitrogens with two attached hydrogens (primary N) is 1. The Labute approximate surface area is 186 Å². The highest BCUT2D eigenvalue weighted by Gasteiger charge is 2.34. The third-order valence-corrected chi connectivity index (χ3v) is 5.86. The molecule has 0 aliphatic heterocycles. The van der Waals surface area contributed by atoms with Gasteiger partial charge in [0.2, 0.25) is 0 Å². The molecule has 0 radical (unpaired) electrons. The van der Waals surface area contributed by atoms with Gasteiger partial charge in [-0.3, -0.25) is 9.59 Å². The summed E-state index contributed by atoms with van der Waals surface area (Å²) >= 11 is 0. The van der Waals surface area contributed by atoms with E-state index in [9.17, 15) is 14.7 Å².